The Bertz CT molecular complexity index is 1600. The SMILES string of the molecule is CC(=O)N1N=C(c2c(-c3ccccc3)c3cc(Br)ccc3[nH]c2=O)C[C@H]1c1ccc2c(c1)OCCO2. The number of benzene rings is 3. The minimum absolute atomic E-state index is 0.203. The van der Waals surface area contributed by atoms with Gasteiger partial charge in [-0.1, -0.05) is 52.3 Å². The Morgan fingerprint density at radius 3 is 2.56 bits per heavy atom. The fraction of sp³-hybridized carbons (Fsp3) is 0.179. The summed E-state index contributed by atoms with van der Waals surface area (Å²) in [5.41, 5.74) is 4.09. The van der Waals surface area contributed by atoms with E-state index >= 15 is 0 Å². The molecule has 0 saturated carbocycles. The average molecular weight is 544 g/mol. The van der Waals surface area contributed by atoms with Crippen molar-refractivity contribution in [2.45, 2.75) is 19.4 Å². The van der Waals surface area contributed by atoms with E-state index in [4.69, 9.17) is 14.6 Å². The fourth-order valence-electron chi connectivity index (χ4n) is 4.92. The predicted octanol–water partition coefficient (Wildman–Crippen LogP) is 5.43. The number of halogens is 1. The van der Waals surface area contributed by atoms with Crippen LogP contribution in [0.3, 0.4) is 0 Å². The Morgan fingerprint density at radius 1 is 1.00 bits per heavy atom. The zero-order valence-electron chi connectivity index (χ0n) is 19.5. The van der Waals surface area contributed by atoms with Gasteiger partial charge in [-0.25, -0.2) is 5.01 Å². The first-order chi connectivity index (χ1) is 17.5. The van der Waals surface area contributed by atoms with Gasteiger partial charge in [0.15, 0.2) is 11.5 Å². The topological polar surface area (TPSA) is 84.0 Å². The maximum atomic E-state index is 13.5. The molecule has 1 aromatic heterocycles. The van der Waals surface area contributed by atoms with Gasteiger partial charge in [-0.2, -0.15) is 5.10 Å². The molecular formula is C28H22BrN3O4. The number of aromatic amines is 1. The van der Waals surface area contributed by atoms with E-state index in [1.54, 1.807) is 0 Å². The lowest BCUT2D eigenvalue weighted by molar-refractivity contribution is -0.130. The van der Waals surface area contributed by atoms with Gasteiger partial charge in [-0.05, 0) is 41.5 Å². The van der Waals surface area contributed by atoms with Gasteiger partial charge in [0.2, 0.25) is 5.91 Å². The Kier molecular flexibility index (Phi) is 5.60. The fourth-order valence-corrected chi connectivity index (χ4v) is 5.28. The number of carbonyl (C=O) groups excluding carboxylic acids is 1. The second kappa shape index (κ2) is 8.95. The smallest absolute Gasteiger partial charge is 0.258 e. The number of hydrogen-bond donors (Lipinski definition) is 1. The molecular weight excluding hydrogens is 522 g/mol. The number of rotatable bonds is 3. The molecule has 36 heavy (non-hydrogen) atoms. The van der Waals surface area contributed by atoms with Gasteiger partial charge < -0.3 is 14.5 Å². The van der Waals surface area contributed by atoms with Crippen molar-refractivity contribution in [1.82, 2.24) is 9.99 Å². The largest absolute Gasteiger partial charge is 0.486 e. The number of nitrogens with one attached hydrogen (secondary N) is 1. The third kappa shape index (κ3) is 3.87. The van der Waals surface area contributed by atoms with Crippen molar-refractivity contribution in [1.29, 1.82) is 0 Å². The number of amides is 1. The first-order valence-electron chi connectivity index (χ1n) is 11.7. The highest BCUT2D eigenvalue weighted by Gasteiger charge is 2.34. The van der Waals surface area contributed by atoms with E-state index < -0.39 is 0 Å². The quantitative estimate of drug-likeness (QED) is 0.373. The normalized spacial score (nSPS) is 16.8. The molecule has 0 aliphatic carbocycles. The summed E-state index contributed by atoms with van der Waals surface area (Å²) in [6, 6.07) is 20.9. The summed E-state index contributed by atoms with van der Waals surface area (Å²) in [4.78, 5) is 29.2. The summed E-state index contributed by atoms with van der Waals surface area (Å²) in [6.45, 7) is 2.46. The highest BCUT2D eigenvalue weighted by atomic mass is 79.9. The summed E-state index contributed by atoms with van der Waals surface area (Å²) in [5, 5.41) is 7.05. The van der Waals surface area contributed by atoms with Crippen molar-refractivity contribution in [2.24, 2.45) is 5.10 Å². The van der Waals surface area contributed by atoms with Gasteiger partial charge in [0, 0.05) is 34.3 Å². The van der Waals surface area contributed by atoms with E-state index in [-0.39, 0.29) is 17.5 Å². The standard InChI is InChI=1S/C28H22BrN3O4/c1-16(33)32-23(18-7-10-24-25(13-18)36-12-11-35-24)15-22(31-32)27-26(17-5-3-2-4-6-17)20-14-19(29)8-9-21(20)30-28(27)34/h2-10,13-14,23H,11-12,15H2,1H3,(H,30,34)/t23-/m0/s1. The van der Waals surface area contributed by atoms with Gasteiger partial charge >= 0.3 is 0 Å². The van der Waals surface area contributed by atoms with Gasteiger partial charge in [0.1, 0.15) is 13.2 Å². The Hall–Kier alpha value is -3.91. The summed E-state index contributed by atoms with van der Waals surface area (Å²) in [7, 11) is 0. The molecule has 0 saturated heterocycles. The van der Waals surface area contributed by atoms with E-state index in [1.165, 1.54) is 11.9 Å². The van der Waals surface area contributed by atoms with E-state index in [0.717, 1.165) is 32.1 Å². The third-order valence-electron chi connectivity index (χ3n) is 6.51. The monoisotopic (exact) mass is 543 g/mol. The second-order valence-electron chi connectivity index (χ2n) is 8.79. The van der Waals surface area contributed by atoms with E-state index in [9.17, 15) is 9.59 Å². The van der Waals surface area contributed by atoms with Crippen LogP contribution in [0, 0.1) is 0 Å². The molecule has 0 spiro atoms. The lowest BCUT2D eigenvalue weighted by Crippen LogP contribution is -2.24. The van der Waals surface area contributed by atoms with Crippen LogP contribution in [0.1, 0.15) is 30.5 Å². The van der Waals surface area contributed by atoms with Gasteiger partial charge in [-0.3, -0.25) is 9.59 Å². The number of H-pyrrole nitrogens is 1. The molecule has 0 radical (unpaired) electrons. The Labute approximate surface area is 215 Å². The minimum Gasteiger partial charge on any atom is -0.486 e. The van der Waals surface area contributed by atoms with Crippen LogP contribution in [-0.2, 0) is 4.79 Å². The number of hydrogen-bond acceptors (Lipinski definition) is 5. The van der Waals surface area contributed by atoms with Crippen molar-refractivity contribution in [3.63, 3.8) is 0 Å². The molecule has 0 bridgehead atoms. The summed E-state index contributed by atoms with van der Waals surface area (Å²) in [5.74, 6) is 1.13. The van der Waals surface area contributed by atoms with Crippen LogP contribution >= 0.6 is 15.9 Å². The van der Waals surface area contributed by atoms with Gasteiger partial charge in [0.25, 0.3) is 5.56 Å². The Balaban J connectivity index is 1.52. The molecule has 4 aromatic rings. The van der Waals surface area contributed by atoms with Crippen LogP contribution in [0.15, 0.2) is 81.1 Å². The number of pyridine rings is 1. The van der Waals surface area contributed by atoms with Crippen LogP contribution in [0.25, 0.3) is 22.0 Å². The van der Waals surface area contributed by atoms with Crippen LogP contribution < -0.4 is 15.0 Å². The Morgan fingerprint density at radius 2 is 1.78 bits per heavy atom. The molecule has 8 heteroatoms. The number of fused-ring (bicyclic) bond motifs is 2. The first-order valence-corrected chi connectivity index (χ1v) is 12.5. The van der Waals surface area contributed by atoms with Crippen LogP contribution in [0.5, 0.6) is 11.5 Å². The second-order valence-corrected chi connectivity index (χ2v) is 9.71. The average Bonchev–Trinajstić information content (AvgIpc) is 3.34. The number of ether oxygens (including phenoxy) is 2. The van der Waals surface area contributed by atoms with Gasteiger partial charge in [0.05, 0.1) is 17.3 Å². The molecule has 180 valence electrons. The van der Waals surface area contributed by atoms with Crippen molar-refractivity contribution >= 4 is 38.5 Å². The van der Waals surface area contributed by atoms with Crippen molar-refractivity contribution in [2.75, 3.05) is 13.2 Å². The maximum Gasteiger partial charge on any atom is 0.258 e. The molecule has 2 aliphatic rings. The van der Waals surface area contributed by atoms with E-state index in [1.807, 2.05) is 66.7 Å². The lowest BCUT2D eigenvalue weighted by atomic mass is 9.91. The number of aromatic nitrogens is 1. The summed E-state index contributed by atoms with van der Waals surface area (Å²) >= 11 is 3.57. The zero-order valence-corrected chi connectivity index (χ0v) is 21.0. The van der Waals surface area contributed by atoms with Gasteiger partial charge in [-0.15, -0.1) is 0 Å². The van der Waals surface area contributed by atoms with E-state index in [0.29, 0.717) is 42.4 Å². The lowest BCUT2D eigenvalue weighted by Gasteiger charge is -2.23. The van der Waals surface area contributed by atoms with Crippen LogP contribution in [0.2, 0.25) is 0 Å². The van der Waals surface area contributed by atoms with Crippen molar-refractivity contribution < 1.29 is 14.3 Å². The number of nitrogens with zero attached hydrogens (tertiary/aromatic N) is 2. The maximum absolute atomic E-state index is 13.5. The van der Waals surface area contributed by atoms with Crippen molar-refractivity contribution in [3.05, 3.63) is 92.7 Å². The molecule has 0 fully saturated rings. The predicted molar refractivity (Wildman–Crippen MR) is 142 cm³/mol. The minimum atomic E-state index is -0.366. The molecule has 1 atom stereocenters. The molecule has 1 amide bonds. The van der Waals surface area contributed by atoms with Crippen LogP contribution in [0.4, 0.5) is 0 Å². The molecule has 2 aliphatic heterocycles. The molecule has 3 aromatic carbocycles. The first kappa shape index (κ1) is 22.5. The molecule has 1 N–H and O–H groups in total. The highest BCUT2D eigenvalue weighted by molar-refractivity contribution is 9.10. The van der Waals surface area contributed by atoms with Crippen molar-refractivity contribution in [3.8, 4) is 22.6 Å². The molecule has 3 heterocycles. The van der Waals surface area contributed by atoms with Crippen LogP contribution in [-0.4, -0.2) is 34.8 Å². The third-order valence-corrected chi connectivity index (χ3v) is 7.00. The zero-order chi connectivity index (χ0) is 24.8. The number of hydrazone groups is 1. The van der Waals surface area contributed by atoms with E-state index in [2.05, 4.69) is 20.9 Å². The highest BCUT2D eigenvalue weighted by Crippen LogP contribution is 2.40. The summed E-state index contributed by atoms with van der Waals surface area (Å²) in [6.07, 6.45) is 0.391. The molecule has 7 nitrogen and oxygen atoms in total. The summed E-state index contributed by atoms with van der Waals surface area (Å²) < 4.78 is 12.3. The molecule has 6 rings (SSSR count). The number of carbonyl (C=O) groups is 1. The molecule has 0 unspecified atom stereocenters.